The van der Waals surface area contributed by atoms with E-state index in [1.807, 2.05) is 38.1 Å². The van der Waals surface area contributed by atoms with Gasteiger partial charge in [0.2, 0.25) is 0 Å². The molecule has 0 aliphatic rings. The van der Waals surface area contributed by atoms with Gasteiger partial charge in [0.1, 0.15) is 17.4 Å². The molecule has 9 nitrogen and oxygen atoms in total. The van der Waals surface area contributed by atoms with Crippen molar-refractivity contribution in [2.24, 2.45) is 0 Å². The molecule has 35 heavy (non-hydrogen) atoms. The van der Waals surface area contributed by atoms with Crippen LogP contribution in [0.5, 0.6) is 5.75 Å². The van der Waals surface area contributed by atoms with Gasteiger partial charge in [0.05, 0.1) is 4.92 Å². The molecule has 3 aromatic carbocycles. The third-order valence-electron chi connectivity index (χ3n) is 4.92. The fraction of sp³-hybridized carbons (Fsp3) is 0.115. The van der Waals surface area contributed by atoms with Gasteiger partial charge in [-0.15, -0.1) is 0 Å². The Morgan fingerprint density at radius 2 is 1.83 bits per heavy atom. The normalized spacial score (nSPS) is 10.7. The van der Waals surface area contributed by atoms with Crippen LogP contribution >= 0.6 is 0 Å². The number of benzene rings is 3. The summed E-state index contributed by atoms with van der Waals surface area (Å²) < 4.78 is 5.65. The predicted molar refractivity (Wildman–Crippen MR) is 132 cm³/mol. The highest BCUT2D eigenvalue weighted by Gasteiger charge is 2.14. The minimum absolute atomic E-state index is 0.179. The Hall–Kier alpha value is -4.97. The summed E-state index contributed by atoms with van der Waals surface area (Å²) in [5.41, 5.74) is 2.78. The summed E-state index contributed by atoms with van der Waals surface area (Å²) >= 11 is 0. The third-order valence-corrected chi connectivity index (χ3v) is 4.92. The van der Waals surface area contributed by atoms with E-state index in [0.717, 1.165) is 11.1 Å². The van der Waals surface area contributed by atoms with Crippen molar-refractivity contribution in [3.8, 4) is 11.8 Å². The lowest BCUT2D eigenvalue weighted by Crippen LogP contribution is -2.21. The van der Waals surface area contributed by atoms with Crippen LogP contribution in [0.1, 0.15) is 16.7 Å². The third kappa shape index (κ3) is 6.76. The van der Waals surface area contributed by atoms with Gasteiger partial charge in [0.15, 0.2) is 6.61 Å². The summed E-state index contributed by atoms with van der Waals surface area (Å²) in [7, 11) is 0. The number of nitrogens with one attached hydrogen (secondary N) is 2. The average Bonchev–Trinajstić information content (AvgIpc) is 2.84. The number of aryl methyl sites for hydroxylation is 2. The number of carbonyl (C=O) groups excluding carboxylic acids is 2. The van der Waals surface area contributed by atoms with Gasteiger partial charge in [-0.2, -0.15) is 5.26 Å². The molecule has 0 aliphatic carbocycles. The van der Waals surface area contributed by atoms with E-state index < -0.39 is 10.8 Å². The van der Waals surface area contributed by atoms with Crippen LogP contribution in [0.2, 0.25) is 0 Å². The molecule has 0 radical (unpaired) electrons. The first-order valence-electron chi connectivity index (χ1n) is 10.5. The number of para-hydroxylation sites is 1. The van der Waals surface area contributed by atoms with Crippen LogP contribution in [0, 0.1) is 35.3 Å². The second kappa shape index (κ2) is 11.2. The number of nitro groups is 1. The second-order valence-electron chi connectivity index (χ2n) is 7.62. The number of rotatable bonds is 8. The Kier molecular flexibility index (Phi) is 7.93. The molecule has 2 N–H and O–H groups in total. The van der Waals surface area contributed by atoms with Crippen molar-refractivity contribution in [2.75, 3.05) is 17.2 Å². The average molecular weight is 470 g/mol. The molecule has 3 rings (SSSR count). The minimum atomic E-state index is -0.740. The smallest absolute Gasteiger partial charge is 0.271 e. The Morgan fingerprint density at radius 3 is 2.57 bits per heavy atom. The van der Waals surface area contributed by atoms with Crippen molar-refractivity contribution in [2.45, 2.75) is 13.8 Å². The SMILES string of the molecule is Cc1ccc(C)c(NC(=O)COc2ccccc2/C=C(/C#N)C(=O)Nc2cccc([N+](=O)[O-])c2)c1. The number of carbonyl (C=O) groups is 2. The predicted octanol–water partition coefficient (Wildman–Crippen LogP) is 4.77. The molecule has 0 spiro atoms. The van der Waals surface area contributed by atoms with Crippen LogP contribution in [-0.4, -0.2) is 23.3 Å². The molecule has 0 saturated heterocycles. The molecule has 0 saturated carbocycles. The van der Waals surface area contributed by atoms with Crippen LogP contribution < -0.4 is 15.4 Å². The molecule has 0 heterocycles. The van der Waals surface area contributed by atoms with E-state index in [2.05, 4.69) is 10.6 Å². The fourth-order valence-electron chi connectivity index (χ4n) is 3.13. The number of amides is 2. The second-order valence-corrected chi connectivity index (χ2v) is 7.62. The van der Waals surface area contributed by atoms with Gasteiger partial charge < -0.3 is 15.4 Å². The first-order valence-corrected chi connectivity index (χ1v) is 10.5. The summed E-state index contributed by atoms with van der Waals surface area (Å²) in [4.78, 5) is 35.4. The van der Waals surface area contributed by atoms with Crippen LogP contribution in [0.3, 0.4) is 0 Å². The van der Waals surface area contributed by atoms with Crippen molar-refractivity contribution < 1.29 is 19.2 Å². The van der Waals surface area contributed by atoms with E-state index in [9.17, 15) is 25.0 Å². The zero-order chi connectivity index (χ0) is 25.4. The van der Waals surface area contributed by atoms with Gasteiger partial charge >= 0.3 is 0 Å². The van der Waals surface area contributed by atoms with E-state index in [1.165, 1.54) is 30.3 Å². The highest BCUT2D eigenvalue weighted by Crippen LogP contribution is 2.23. The molecule has 0 fully saturated rings. The first-order chi connectivity index (χ1) is 16.8. The Labute approximate surface area is 201 Å². The van der Waals surface area contributed by atoms with Crippen molar-refractivity contribution >= 4 is 35.0 Å². The van der Waals surface area contributed by atoms with Crippen LogP contribution in [0.15, 0.2) is 72.3 Å². The van der Waals surface area contributed by atoms with Crippen molar-refractivity contribution in [1.82, 2.24) is 0 Å². The van der Waals surface area contributed by atoms with Gasteiger partial charge in [-0.05, 0) is 49.2 Å². The lowest BCUT2D eigenvalue weighted by atomic mass is 10.1. The molecular weight excluding hydrogens is 448 g/mol. The number of nitro benzene ring substituents is 1. The molecule has 0 atom stereocenters. The standard InChI is InChI=1S/C26H22N4O5/c1-17-10-11-18(2)23(12-17)29-25(31)16-35-24-9-4-3-6-19(24)13-20(15-27)26(32)28-21-7-5-8-22(14-21)30(33)34/h3-14H,16H2,1-2H3,(H,28,32)(H,29,31)/b20-13-. The molecule has 9 heteroatoms. The van der Waals surface area contributed by atoms with E-state index >= 15 is 0 Å². The number of non-ortho nitro benzene ring substituents is 1. The van der Waals surface area contributed by atoms with E-state index in [-0.39, 0.29) is 29.5 Å². The number of hydrogen-bond acceptors (Lipinski definition) is 6. The van der Waals surface area contributed by atoms with Crippen molar-refractivity contribution in [3.63, 3.8) is 0 Å². The number of nitriles is 1. The quantitative estimate of drug-likeness (QED) is 0.211. The molecule has 0 bridgehead atoms. The van der Waals surface area contributed by atoms with Gasteiger partial charge in [-0.1, -0.05) is 36.4 Å². The Balaban J connectivity index is 1.72. The maximum atomic E-state index is 12.6. The van der Waals surface area contributed by atoms with E-state index in [0.29, 0.717) is 17.0 Å². The van der Waals surface area contributed by atoms with Gasteiger partial charge in [0.25, 0.3) is 17.5 Å². The largest absolute Gasteiger partial charge is 0.483 e. The maximum Gasteiger partial charge on any atom is 0.271 e. The lowest BCUT2D eigenvalue weighted by Gasteiger charge is -2.12. The minimum Gasteiger partial charge on any atom is -0.483 e. The number of nitrogens with zero attached hydrogens (tertiary/aromatic N) is 2. The van der Waals surface area contributed by atoms with Crippen LogP contribution in [-0.2, 0) is 9.59 Å². The Morgan fingerprint density at radius 1 is 1.06 bits per heavy atom. The topological polar surface area (TPSA) is 134 Å². The molecule has 0 unspecified atom stereocenters. The highest BCUT2D eigenvalue weighted by atomic mass is 16.6. The summed E-state index contributed by atoms with van der Waals surface area (Å²) in [6, 6.07) is 19.6. The van der Waals surface area contributed by atoms with E-state index in [4.69, 9.17) is 4.74 Å². The fourth-order valence-corrected chi connectivity index (χ4v) is 3.13. The van der Waals surface area contributed by atoms with Crippen molar-refractivity contribution in [1.29, 1.82) is 5.26 Å². The monoisotopic (exact) mass is 470 g/mol. The first kappa shape index (κ1) is 24.7. The van der Waals surface area contributed by atoms with Gasteiger partial charge in [-0.3, -0.25) is 19.7 Å². The zero-order valence-electron chi connectivity index (χ0n) is 19.1. The zero-order valence-corrected chi connectivity index (χ0v) is 19.1. The summed E-state index contributed by atoms with van der Waals surface area (Å²) in [6.07, 6.45) is 1.32. The summed E-state index contributed by atoms with van der Waals surface area (Å²) in [5.74, 6) is -0.795. The Bertz CT molecular complexity index is 1360. The summed E-state index contributed by atoms with van der Waals surface area (Å²) in [6.45, 7) is 3.54. The van der Waals surface area contributed by atoms with Crippen LogP contribution in [0.25, 0.3) is 6.08 Å². The molecule has 0 aromatic heterocycles. The maximum absolute atomic E-state index is 12.6. The van der Waals surface area contributed by atoms with Gasteiger partial charge in [0, 0.05) is 29.1 Å². The molecule has 176 valence electrons. The molecule has 2 amide bonds. The van der Waals surface area contributed by atoms with Crippen molar-refractivity contribution in [3.05, 3.63) is 99.1 Å². The van der Waals surface area contributed by atoms with E-state index in [1.54, 1.807) is 24.3 Å². The lowest BCUT2D eigenvalue weighted by molar-refractivity contribution is -0.384. The van der Waals surface area contributed by atoms with Gasteiger partial charge in [-0.25, -0.2) is 0 Å². The number of ether oxygens (including phenoxy) is 1. The molecular formula is C26H22N4O5. The highest BCUT2D eigenvalue weighted by molar-refractivity contribution is 6.10. The van der Waals surface area contributed by atoms with Crippen LogP contribution in [0.4, 0.5) is 17.1 Å². The molecule has 0 aliphatic heterocycles. The number of hydrogen-bond donors (Lipinski definition) is 2. The summed E-state index contributed by atoms with van der Waals surface area (Å²) in [5, 5.41) is 25.7. The number of anilines is 2. The molecule has 3 aromatic rings.